The number of nitrogens with two attached hydrogens (primary N) is 1. The molecule has 1 aliphatic carbocycles. The molecule has 1 aliphatic rings. The van der Waals surface area contributed by atoms with E-state index in [4.69, 9.17) is 10.7 Å². The van der Waals surface area contributed by atoms with E-state index in [1.807, 2.05) is 18.2 Å². The van der Waals surface area contributed by atoms with Crippen molar-refractivity contribution in [2.45, 2.75) is 46.1 Å². The lowest BCUT2D eigenvalue weighted by Crippen LogP contribution is -2.20. The highest BCUT2D eigenvalue weighted by atomic mass is 14.8. The van der Waals surface area contributed by atoms with E-state index in [-0.39, 0.29) is 0 Å². The Balaban J connectivity index is 2.40. The Kier molecular flexibility index (Phi) is 4.41. The van der Waals surface area contributed by atoms with Crippen molar-refractivity contribution in [1.82, 2.24) is 0 Å². The quantitative estimate of drug-likeness (QED) is 0.852. The van der Waals surface area contributed by atoms with Gasteiger partial charge in [0.25, 0.3) is 0 Å². The molecule has 2 N–H and O–H groups in total. The van der Waals surface area contributed by atoms with Crippen LogP contribution in [-0.4, -0.2) is 11.8 Å². The van der Waals surface area contributed by atoms with E-state index < -0.39 is 0 Å². The zero-order valence-corrected chi connectivity index (χ0v) is 12.2. The van der Waals surface area contributed by atoms with Gasteiger partial charge in [0, 0.05) is 17.5 Å². The highest BCUT2D eigenvalue weighted by Crippen LogP contribution is 2.30. The van der Waals surface area contributed by atoms with Crippen LogP contribution in [-0.2, 0) is 0 Å². The Morgan fingerprint density at radius 2 is 1.95 bits per heavy atom. The Morgan fingerprint density at radius 1 is 1.26 bits per heavy atom. The van der Waals surface area contributed by atoms with Crippen molar-refractivity contribution >= 4 is 11.4 Å². The Morgan fingerprint density at radius 3 is 2.58 bits per heavy atom. The van der Waals surface area contributed by atoms with Gasteiger partial charge in [-0.2, -0.15) is 0 Å². The van der Waals surface area contributed by atoms with Crippen molar-refractivity contribution in [3.8, 4) is 0 Å². The molecule has 1 aromatic rings. The Labute approximate surface area is 116 Å². The summed E-state index contributed by atoms with van der Waals surface area (Å²) in [5.74, 6) is 0.713. The van der Waals surface area contributed by atoms with Crippen LogP contribution in [0.4, 0.5) is 0 Å². The van der Waals surface area contributed by atoms with Gasteiger partial charge in [-0.15, -0.1) is 0 Å². The number of hydrogen-bond acceptors (Lipinski definition) is 2. The summed E-state index contributed by atoms with van der Waals surface area (Å²) in [6.07, 6.45) is 3.31. The molecule has 19 heavy (non-hydrogen) atoms. The van der Waals surface area contributed by atoms with Crippen LogP contribution in [0, 0.1) is 5.92 Å². The number of hydrogen-bond donors (Lipinski definition) is 1. The fourth-order valence-electron chi connectivity index (χ4n) is 2.61. The standard InChI is InChI=1S/C17H24N2/c1-12(2)19-16-11-13(3)9-10-15(16)17(18)14-7-5-4-6-8-14/h4-8,12-13H,9-11,18H2,1-3H3. The molecule has 0 bridgehead atoms. The topological polar surface area (TPSA) is 38.4 Å². The third-order valence-electron chi connectivity index (χ3n) is 3.60. The molecular formula is C17H24N2. The fourth-order valence-corrected chi connectivity index (χ4v) is 2.61. The molecule has 0 aromatic heterocycles. The first kappa shape index (κ1) is 13.9. The molecule has 1 saturated carbocycles. The summed E-state index contributed by atoms with van der Waals surface area (Å²) < 4.78 is 0. The van der Waals surface area contributed by atoms with Gasteiger partial charge in [0.05, 0.1) is 0 Å². The molecule has 0 spiro atoms. The van der Waals surface area contributed by atoms with Gasteiger partial charge in [0.15, 0.2) is 0 Å². The lowest BCUT2D eigenvalue weighted by atomic mass is 9.83. The summed E-state index contributed by atoms with van der Waals surface area (Å²) in [6, 6.07) is 10.6. The maximum absolute atomic E-state index is 6.38. The summed E-state index contributed by atoms with van der Waals surface area (Å²) in [5.41, 5.74) is 10.9. The smallest absolute Gasteiger partial charge is 0.0446 e. The Hall–Kier alpha value is -1.57. The minimum atomic E-state index is 0.332. The molecule has 0 radical (unpaired) electrons. The van der Waals surface area contributed by atoms with Gasteiger partial charge < -0.3 is 5.73 Å². The fraction of sp³-hybridized carbons (Fsp3) is 0.471. The molecule has 0 amide bonds. The van der Waals surface area contributed by atoms with E-state index in [2.05, 4.69) is 32.9 Å². The molecule has 2 heteroatoms. The van der Waals surface area contributed by atoms with Crippen LogP contribution in [0.15, 0.2) is 40.9 Å². The number of benzene rings is 1. The van der Waals surface area contributed by atoms with Crippen molar-refractivity contribution in [3.63, 3.8) is 0 Å². The van der Waals surface area contributed by atoms with Crippen LogP contribution >= 0.6 is 0 Å². The second kappa shape index (κ2) is 6.05. The summed E-state index contributed by atoms with van der Waals surface area (Å²) in [5, 5.41) is 0. The average molecular weight is 256 g/mol. The second-order valence-electron chi connectivity index (χ2n) is 5.78. The van der Waals surface area contributed by atoms with E-state index in [9.17, 15) is 0 Å². The largest absolute Gasteiger partial charge is 0.398 e. The minimum Gasteiger partial charge on any atom is -0.398 e. The third-order valence-corrected chi connectivity index (χ3v) is 3.60. The van der Waals surface area contributed by atoms with Crippen molar-refractivity contribution in [2.24, 2.45) is 16.6 Å². The van der Waals surface area contributed by atoms with Gasteiger partial charge in [-0.3, -0.25) is 4.99 Å². The lowest BCUT2D eigenvalue weighted by Gasteiger charge is -2.25. The van der Waals surface area contributed by atoms with Crippen molar-refractivity contribution in [3.05, 3.63) is 41.5 Å². The molecule has 2 rings (SSSR count). The van der Waals surface area contributed by atoms with E-state index in [0.717, 1.165) is 24.1 Å². The van der Waals surface area contributed by atoms with Gasteiger partial charge >= 0.3 is 0 Å². The van der Waals surface area contributed by atoms with E-state index in [1.165, 1.54) is 17.7 Å². The molecule has 1 unspecified atom stereocenters. The van der Waals surface area contributed by atoms with Gasteiger partial charge in [-0.25, -0.2) is 0 Å². The second-order valence-corrected chi connectivity index (χ2v) is 5.78. The number of nitrogens with zero attached hydrogens (tertiary/aromatic N) is 1. The highest BCUT2D eigenvalue weighted by molar-refractivity contribution is 6.06. The first-order valence-electron chi connectivity index (χ1n) is 7.19. The summed E-state index contributed by atoms with van der Waals surface area (Å²) in [6.45, 7) is 6.55. The monoisotopic (exact) mass is 256 g/mol. The van der Waals surface area contributed by atoms with E-state index >= 15 is 0 Å². The van der Waals surface area contributed by atoms with Crippen LogP contribution in [0.5, 0.6) is 0 Å². The first-order chi connectivity index (χ1) is 9.08. The maximum atomic E-state index is 6.38. The predicted molar refractivity (Wildman–Crippen MR) is 83.1 cm³/mol. The van der Waals surface area contributed by atoms with Crippen LogP contribution in [0.3, 0.4) is 0 Å². The van der Waals surface area contributed by atoms with Crippen LogP contribution in [0.2, 0.25) is 0 Å². The summed E-state index contributed by atoms with van der Waals surface area (Å²) in [7, 11) is 0. The minimum absolute atomic E-state index is 0.332. The van der Waals surface area contributed by atoms with Crippen molar-refractivity contribution < 1.29 is 0 Å². The van der Waals surface area contributed by atoms with Gasteiger partial charge in [0.1, 0.15) is 0 Å². The van der Waals surface area contributed by atoms with E-state index in [1.54, 1.807) is 0 Å². The maximum Gasteiger partial charge on any atom is 0.0446 e. The molecule has 1 atom stereocenters. The van der Waals surface area contributed by atoms with Gasteiger partial charge in [-0.05, 0) is 50.2 Å². The molecule has 0 heterocycles. The van der Waals surface area contributed by atoms with E-state index in [0.29, 0.717) is 12.0 Å². The molecule has 1 aromatic carbocycles. The molecule has 1 fully saturated rings. The SMILES string of the molecule is CC1CCC(=C(N)c2ccccc2)C(=NC(C)C)C1. The van der Waals surface area contributed by atoms with Crippen molar-refractivity contribution in [2.75, 3.05) is 0 Å². The number of aliphatic imine (C=N–C) groups is 1. The zero-order valence-electron chi connectivity index (χ0n) is 12.2. The summed E-state index contributed by atoms with van der Waals surface area (Å²) >= 11 is 0. The highest BCUT2D eigenvalue weighted by Gasteiger charge is 2.21. The normalized spacial score (nSPS) is 24.8. The zero-order chi connectivity index (χ0) is 13.8. The molecule has 2 nitrogen and oxygen atoms in total. The van der Waals surface area contributed by atoms with Crippen LogP contribution in [0.25, 0.3) is 5.70 Å². The average Bonchev–Trinajstić information content (AvgIpc) is 2.38. The molecule has 102 valence electrons. The first-order valence-corrected chi connectivity index (χ1v) is 7.19. The lowest BCUT2D eigenvalue weighted by molar-refractivity contribution is 0.532. The Bertz CT molecular complexity index is 483. The molecule has 0 aliphatic heterocycles. The summed E-state index contributed by atoms with van der Waals surface area (Å²) in [4.78, 5) is 4.79. The van der Waals surface area contributed by atoms with Crippen LogP contribution < -0.4 is 5.73 Å². The van der Waals surface area contributed by atoms with Crippen LogP contribution in [0.1, 0.15) is 45.6 Å². The molecule has 0 saturated heterocycles. The molecular weight excluding hydrogens is 232 g/mol. The predicted octanol–water partition coefficient (Wildman–Crippen LogP) is 4.03. The number of rotatable bonds is 2. The van der Waals surface area contributed by atoms with Gasteiger partial charge in [0.2, 0.25) is 0 Å². The number of allylic oxidation sites excluding steroid dienone is 1. The third kappa shape index (κ3) is 3.46. The van der Waals surface area contributed by atoms with Gasteiger partial charge in [-0.1, -0.05) is 37.3 Å². The van der Waals surface area contributed by atoms with Crippen molar-refractivity contribution in [1.29, 1.82) is 0 Å².